The van der Waals surface area contributed by atoms with Crippen LogP contribution in [0.15, 0.2) is 47.8 Å². The number of nitrogens with zero attached hydrogens (tertiary/aromatic N) is 1. The lowest BCUT2D eigenvalue weighted by Crippen LogP contribution is -2.19. The van der Waals surface area contributed by atoms with E-state index in [2.05, 4.69) is 15.6 Å². The maximum atomic E-state index is 13.0. The standard InChI is InChI=1S/C17H12FN3O3S/c18-11-3-1-10(2-4-11)13-8-25-17(20-13)21-16(22)19-12-5-6-14-15(7-12)24-9-23-14/h1-8H,9H2,(H2,19,20,21,22). The number of hydrogen-bond donors (Lipinski definition) is 2. The van der Waals surface area contributed by atoms with Gasteiger partial charge in [0.05, 0.1) is 5.69 Å². The van der Waals surface area contributed by atoms with Crippen molar-refractivity contribution < 1.29 is 18.7 Å². The molecule has 2 amide bonds. The van der Waals surface area contributed by atoms with Crippen LogP contribution in [0.2, 0.25) is 0 Å². The molecule has 25 heavy (non-hydrogen) atoms. The summed E-state index contributed by atoms with van der Waals surface area (Å²) >= 11 is 1.29. The van der Waals surface area contributed by atoms with E-state index in [4.69, 9.17) is 9.47 Å². The topological polar surface area (TPSA) is 72.5 Å². The molecular formula is C17H12FN3O3S. The average Bonchev–Trinajstić information content (AvgIpc) is 3.24. The van der Waals surface area contributed by atoms with Crippen molar-refractivity contribution in [3.05, 3.63) is 53.7 Å². The first kappa shape index (κ1) is 15.4. The Bertz CT molecular complexity index is 927. The number of anilines is 2. The molecule has 2 heterocycles. The molecule has 0 saturated heterocycles. The van der Waals surface area contributed by atoms with Gasteiger partial charge in [0.2, 0.25) is 6.79 Å². The third-order valence-corrected chi connectivity index (χ3v) is 4.25. The van der Waals surface area contributed by atoms with Crippen LogP contribution in [0.5, 0.6) is 11.5 Å². The lowest BCUT2D eigenvalue weighted by Gasteiger charge is -2.06. The predicted molar refractivity (Wildman–Crippen MR) is 92.7 cm³/mol. The largest absolute Gasteiger partial charge is 0.454 e. The molecule has 1 aromatic heterocycles. The Hall–Kier alpha value is -3.13. The second-order valence-electron chi connectivity index (χ2n) is 5.19. The fraction of sp³-hybridized carbons (Fsp3) is 0.0588. The monoisotopic (exact) mass is 357 g/mol. The number of urea groups is 1. The van der Waals surface area contributed by atoms with Gasteiger partial charge >= 0.3 is 6.03 Å². The molecule has 0 unspecified atom stereocenters. The van der Waals surface area contributed by atoms with E-state index >= 15 is 0 Å². The number of benzene rings is 2. The SMILES string of the molecule is O=C(Nc1ccc2c(c1)OCO2)Nc1nc(-c2ccc(F)cc2)cs1. The van der Waals surface area contributed by atoms with Crippen LogP contribution < -0.4 is 20.1 Å². The Morgan fingerprint density at radius 2 is 1.88 bits per heavy atom. The van der Waals surface area contributed by atoms with Crippen LogP contribution in [0.1, 0.15) is 0 Å². The first-order chi connectivity index (χ1) is 12.2. The minimum absolute atomic E-state index is 0.177. The zero-order valence-electron chi connectivity index (χ0n) is 12.8. The van der Waals surface area contributed by atoms with Gasteiger partial charge in [0.1, 0.15) is 5.82 Å². The second-order valence-corrected chi connectivity index (χ2v) is 6.05. The summed E-state index contributed by atoms with van der Waals surface area (Å²) < 4.78 is 23.5. The lowest BCUT2D eigenvalue weighted by molar-refractivity contribution is 0.174. The Kier molecular flexibility index (Phi) is 3.95. The maximum absolute atomic E-state index is 13.0. The van der Waals surface area contributed by atoms with Gasteiger partial charge in [0, 0.05) is 22.7 Å². The number of hydrogen-bond acceptors (Lipinski definition) is 5. The molecule has 1 aliphatic heterocycles. The molecule has 3 aromatic rings. The molecule has 126 valence electrons. The number of nitrogens with one attached hydrogen (secondary N) is 2. The first-order valence-corrected chi connectivity index (χ1v) is 8.24. The van der Waals surface area contributed by atoms with Crippen molar-refractivity contribution in [3.8, 4) is 22.8 Å². The summed E-state index contributed by atoms with van der Waals surface area (Å²) in [5.41, 5.74) is 2.03. The van der Waals surface area contributed by atoms with Gasteiger partial charge in [0.15, 0.2) is 16.6 Å². The van der Waals surface area contributed by atoms with Crippen molar-refractivity contribution in [1.29, 1.82) is 0 Å². The smallest absolute Gasteiger partial charge is 0.325 e. The van der Waals surface area contributed by atoms with Gasteiger partial charge in [-0.3, -0.25) is 5.32 Å². The van der Waals surface area contributed by atoms with E-state index in [1.165, 1.54) is 23.5 Å². The summed E-state index contributed by atoms with van der Waals surface area (Å²) in [5, 5.41) is 7.62. The fourth-order valence-electron chi connectivity index (χ4n) is 2.32. The van der Waals surface area contributed by atoms with E-state index in [0.29, 0.717) is 28.0 Å². The van der Waals surface area contributed by atoms with Crippen molar-refractivity contribution in [2.45, 2.75) is 0 Å². The van der Waals surface area contributed by atoms with Gasteiger partial charge in [-0.2, -0.15) is 0 Å². The molecule has 6 nitrogen and oxygen atoms in total. The summed E-state index contributed by atoms with van der Waals surface area (Å²) in [7, 11) is 0. The zero-order valence-corrected chi connectivity index (χ0v) is 13.6. The highest BCUT2D eigenvalue weighted by atomic mass is 32.1. The number of halogens is 1. The van der Waals surface area contributed by atoms with Crippen LogP contribution in [0.3, 0.4) is 0 Å². The molecule has 0 radical (unpaired) electrons. The number of fused-ring (bicyclic) bond motifs is 1. The van der Waals surface area contributed by atoms with Gasteiger partial charge in [-0.1, -0.05) is 0 Å². The number of amides is 2. The van der Waals surface area contributed by atoms with Crippen LogP contribution in [-0.4, -0.2) is 17.8 Å². The molecule has 0 bridgehead atoms. The summed E-state index contributed by atoms with van der Waals surface area (Å²) in [4.78, 5) is 16.4. The van der Waals surface area contributed by atoms with Crippen molar-refractivity contribution in [1.82, 2.24) is 4.98 Å². The van der Waals surface area contributed by atoms with Crippen LogP contribution in [0, 0.1) is 5.82 Å². The van der Waals surface area contributed by atoms with Gasteiger partial charge in [-0.15, -0.1) is 11.3 Å². The summed E-state index contributed by atoms with van der Waals surface area (Å²) in [6, 6.07) is 10.7. The summed E-state index contributed by atoms with van der Waals surface area (Å²) in [6.45, 7) is 0.177. The highest BCUT2D eigenvalue weighted by Crippen LogP contribution is 2.34. The Morgan fingerprint density at radius 1 is 1.08 bits per heavy atom. The Balaban J connectivity index is 1.42. The second kappa shape index (κ2) is 6.40. The van der Waals surface area contributed by atoms with Gasteiger partial charge in [-0.25, -0.2) is 14.2 Å². The predicted octanol–water partition coefficient (Wildman–Crippen LogP) is 4.32. The molecule has 2 aromatic carbocycles. The van der Waals surface area contributed by atoms with Crippen molar-refractivity contribution in [2.75, 3.05) is 17.4 Å². The van der Waals surface area contributed by atoms with Crippen molar-refractivity contribution >= 4 is 28.2 Å². The number of carbonyl (C=O) groups is 1. The van der Waals surface area contributed by atoms with Crippen molar-refractivity contribution in [2.24, 2.45) is 0 Å². The number of aromatic nitrogens is 1. The fourth-order valence-corrected chi connectivity index (χ4v) is 3.03. The molecule has 1 aliphatic rings. The summed E-state index contributed by atoms with van der Waals surface area (Å²) in [6.07, 6.45) is 0. The maximum Gasteiger partial charge on any atom is 0.325 e. The molecule has 0 fully saturated rings. The van der Waals surface area contributed by atoms with E-state index in [0.717, 1.165) is 5.56 Å². The average molecular weight is 357 g/mol. The first-order valence-electron chi connectivity index (χ1n) is 7.36. The van der Waals surface area contributed by atoms with Gasteiger partial charge < -0.3 is 14.8 Å². The molecule has 0 saturated carbocycles. The molecule has 8 heteroatoms. The quantitative estimate of drug-likeness (QED) is 0.732. The number of ether oxygens (including phenoxy) is 2. The number of rotatable bonds is 3. The third kappa shape index (κ3) is 3.38. The Labute approximate surface area is 146 Å². The van der Waals surface area contributed by atoms with Crippen LogP contribution in [0.4, 0.5) is 20.0 Å². The van der Waals surface area contributed by atoms with E-state index in [-0.39, 0.29) is 12.6 Å². The molecule has 0 spiro atoms. The van der Waals surface area contributed by atoms with Crippen LogP contribution in [0.25, 0.3) is 11.3 Å². The van der Waals surface area contributed by atoms with E-state index in [9.17, 15) is 9.18 Å². The molecule has 0 atom stereocenters. The van der Waals surface area contributed by atoms with E-state index in [1.54, 1.807) is 35.7 Å². The van der Waals surface area contributed by atoms with E-state index < -0.39 is 6.03 Å². The van der Waals surface area contributed by atoms with Crippen LogP contribution >= 0.6 is 11.3 Å². The highest BCUT2D eigenvalue weighted by Gasteiger charge is 2.14. The molecule has 0 aliphatic carbocycles. The van der Waals surface area contributed by atoms with Gasteiger partial charge in [0.25, 0.3) is 0 Å². The minimum atomic E-state index is -0.418. The third-order valence-electron chi connectivity index (χ3n) is 3.50. The van der Waals surface area contributed by atoms with Crippen molar-refractivity contribution in [3.63, 3.8) is 0 Å². The highest BCUT2D eigenvalue weighted by molar-refractivity contribution is 7.14. The number of carbonyl (C=O) groups excluding carboxylic acids is 1. The summed E-state index contributed by atoms with van der Waals surface area (Å²) in [5.74, 6) is 0.931. The van der Waals surface area contributed by atoms with Gasteiger partial charge in [-0.05, 0) is 36.4 Å². The normalized spacial score (nSPS) is 12.0. The molecule has 4 rings (SSSR count). The number of thiazole rings is 1. The Morgan fingerprint density at radius 3 is 2.72 bits per heavy atom. The minimum Gasteiger partial charge on any atom is -0.454 e. The van der Waals surface area contributed by atoms with E-state index in [1.807, 2.05) is 0 Å². The molecular weight excluding hydrogens is 345 g/mol. The lowest BCUT2D eigenvalue weighted by atomic mass is 10.2. The molecule has 2 N–H and O–H groups in total. The zero-order chi connectivity index (χ0) is 17.2. The van der Waals surface area contributed by atoms with Crippen LogP contribution in [-0.2, 0) is 0 Å².